The number of nitrogens with zero attached hydrogens (tertiary/aromatic N) is 2. The predicted molar refractivity (Wildman–Crippen MR) is 178 cm³/mol. The van der Waals surface area contributed by atoms with Gasteiger partial charge >= 0.3 is 5.97 Å². The van der Waals surface area contributed by atoms with Crippen molar-refractivity contribution < 1.29 is 23.9 Å². The van der Waals surface area contributed by atoms with Crippen molar-refractivity contribution in [2.24, 2.45) is 0 Å². The number of esters is 1. The first-order valence-corrected chi connectivity index (χ1v) is 15.9. The molecule has 1 saturated heterocycles. The molecule has 0 spiro atoms. The normalized spacial score (nSPS) is 18.6. The van der Waals surface area contributed by atoms with E-state index in [-0.39, 0.29) is 17.9 Å². The summed E-state index contributed by atoms with van der Waals surface area (Å²) >= 11 is 1.23. The number of likely N-dealkylation sites (N-methyl/N-ethyl adjacent to an activating group) is 1. The summed E-state index contributed by atoms with van der Waals surface area (Å²) < 4.78 is 6.21. The van der Waals surface area contributed by atoms with Crippen molar-refractivity contribution in [1.82, 2.24) is 10.2 Å². The van der Waals surface area contributed by atoms with Gasteiger partial charge in [-0.05, 0) is 40.7 Å². The van der Waals surface area contributed by atoms with Crippen LogP contribution in [0.5, 0.6) is 0 Å². The van der Waals surface area contributed by atoms with E-state index in [1.807, 2.05) is 122 Å². The van der Waals surface area contributed by atoms with Gasteiger partial charge in [0.2, 0.25) is 11.8 Å². The highest BCUT2D eigenvalue weighted by molar-refractivity contribution is 8.03. The molecule has 4 aromatic rings. The smallest absolute Gasteiger partial charge is 0.334 e. The van der Waals surface area contributed by atoms with Gasteiger partial charge < -0.3 is 19.9 Å². The summed E-state index contributed by atoms with van der Waals surface area (Å²) in [5.41, 5.74) is 4.01. The van der Waals surface area contributed by atoms with Crippen molar-refractivity contribution in [1.29, 1.82) is 0 Å². The molecule has 0 aromatic heterocycles. The molecule has 2 unspecified atom stereocenters. The van der Waals surface area contributed by atoms with Gasteiger partial charge in [0, 0.05) is 12.7 Å². The Morgan fingerprint density at radius 3 is 2.02 bits per heavy atom. The molecule has 46 heavy (non-hydrogen) atoms. The maximum absolute atomic E-state index is 14.3. The number of thioether (sulfide) groups is 1. The minimum absolute atomic E-state index is 0.115. The van der Waals surface area contributed by atoms with E-state index in [0.29, 0.717) is 5.69 Å². The van der Waals surface area contributed by atoms with Crippen LogP contribution in [0.3, 0.4) is 0 Å². The summed E-state index contributed by atoms with van der Waals surface area (Å²) in [7, 11) is 1.64. The number of hydrogen-bond acceptors (Lipinski definition) is 6. The first-order valence-electron chi connectivity index (χ1n) is 15.0. The Bertz CT molecular complexity index is 1740. The predicted octanol–water partition coefficient (Wildman–Crippen LogP) is 5.19. The molecule has 1 fully saturated rings. The SMILES string of the molecule is Cc1ccccc1N(C)C(=O)C1=CS[C@H]2C(NC(=O)Cc3ccccc3)C(=O)N2C1C(=O)OC(c1ccccc1)c1ccccc1. The van der Waals surface area contributed by atoms with Crippen molar-refractivity contribution in [3.8, 4) is 0 Å². The number of ether oxygens (including phenoxy) is 1. The monoisotopic (exact) mass is 631 g/mol. The topological polar surface area (TPSA) is 96.0 Å². The Labute approximate surface area is 272 Å². The third kappa shape index (κ3) is 6.19. The van der Waals surface area contributed by atoms with Gasteiger partial charge in [-0.2, -0.15) is 0 Å². The summed E-state index contributed by atoms with van der Waals surface area (Å²) in [6, 6.07) is 33.2. The number of para-hydroxylation sites is 1. The second kappa shape index (κ2) is 13.5. The number of carbonyl (C=O) groups is 4. The lowest BCUT2D eigenvalue weighted by Gasteiger charge is -2.51. The molecule has 2 aliphatic rings. The zero-order chi connectivity index (χ0) is 32.2. The summed E-state index contributed by atoms with van der Waals surface area (Å²) in [6.45, 7) is 1.90. The number of anilines is 1. The highest BCUT2D eigenvalue weighted by Crippen LogP contribution is 2.42. The molecule has 0 bridgehead atoms. The van der Waals surface area contributed by atoms with Crippen LogP contribution in [0.15, 0.2) is 126 Å². The number of rotatable bonds is 9. The number of nitrogens with one attached hydrogen (secondary N) is 1. The number of benzene rings is 4. The zero-order valence-electron chi connectivity index (χ0n) is 25.4. The lowest BCUT2D eigenvalue weighted by atomic mass is 9.96. The van der Waals surface area contributed by atoms with Crippen LogP contribution in [-0.2, 0) is 30.3 Å². The summed E-state index contributed by atoms with van der Waals surface area (Å²) in [5.74, 6) is -1.91. The second-order valence-electron chi connectivity index (χ2n) is 11.2. The first kappa shape index (κ1) is 30.9. The molecule has 0 aliphatic carbocycles. The average Bonchev–Trinajstić information content (AvgIpc) is 3.09. The van der Waals surface area contributed by atoms with Crippen LogP contribution in [-0.4, -0.2) is 53.1 Å². The van der Waals surface area contributed by atoms with Crippen molar-refractivity contribution in [2.75, 3.05) is 11.9 Å². The maximum atomic E-state index is 14.3. The largest absolute Gasteiger partial charge is 0.451 e. The molecule has 9 heteroatoms. The number of carbonyl (C=O) groups excluding carboxylic acids is 4. The molecule has 0 radical (unpaired) electrons. The molecular formula is C37H33N3O5S. The van der Waals surface area contributed by atoms with Crippen molar-refractivity contribution in [2.45, 2.75) is 36.9 Å². The van der Waals surface area contributed by atoms with Gasteiger partial charge in [0.25, 0.3) is 5.91 Å². The number of hydrogen-bond donors (Lipinski definition) is 1. The Kier molecular flexibility index (Phi) is 9.03. The summed E-state index contributed by atoms with van der Waals surface area (Å²) in [4.78, 5) is 57.8. The lowest BCUT2D eigenvalue weighted by Crippen LogP contribution is -2.74. The molecule has 3 atom stereocenters. The quantitative estimate of drug-likeness (QED) is 0.202. The molecule has 6 rings (SSSR count). The molecule has 2 heterocycles. The van der Waals surface area contributed by atoms with Crippen molar-refractivity contribution >= 4 is 41.1 Å². The van der Waals surface area contributed by atoms with E-state index in [1.165, 1.54) is 21.6 Å². The van der Waals surface area contributed by atoms with Gasteiger partial charge in [0.05, 0.1) is 12.0 Å². The van der Waals surface area contributed by atoms with Crippen LogP contribution >= 0.6 is 11.8 Å². The molecule has 232 valence electrons. The number of fused-ring (bicyclic) bond motifs is 1. The van der Waals surface area contributed by atoms with Crippen LogP contribution in [0.4, 0.5) is 5.69 Å². The van der Waals surface area contributed by atoms with Crippen LogP contribution in [0.1, 0.15) is 28.4 Å². The Balaban J connectivity index is 1.31. The fourth-order valence-electron chi connectivity index (χ4n) is 5.82. The van der Waals surface area contributed by atoms with Crippen molar-refractivity contribution in [3.63, 3.8) is 0 Å². The van der Waals surface area contributed by atoms with E-state index in [1.54, 1.807) is 12.5 Å². The molecule has 0 saturated carbocycles. The average molecular weight is 632 g/mol. The van der Waals surface area contributed by atoms with Gasteiger partial charge in [-0.25, -0.2) is 4.79 Å². The van der Waals surface area contributed by atoms with Crippen molar-refractivity contribution in [3.05, 3.63) is 148 Å². The zero-order valence-corrected chi connectivity index (χ0v) is 26.2. The molecule has 1 N–H and O–H groups in total. The van der Waals surface area contributed by atoms with Crippen LogP contribution in [0.2, 0.25) is 0 Å². The van der Waals surface area contributed by atoms with Crippen LogP contribution in [0, 0.1) is 6.92 Å². The Morgan fingerprint density at radius 2 is 1.41 bits per heavy atom. The minimum atomic E-state index is -1.31. The van der Waals surface area contributed by atoms with E-state index in [9.17, 15) is 19.2 Å². The van der Waals surface area contributed by atoms with E-state index >= 15 is 0 Å². The van der Waals surface area contributed by atoms with Crippen LogP contribution < -0.4 is 10.2 Å². The highest BCUT2D eigenvalue weighted by atomic mass is 32.2. The van der Waals surface area contributed by atoms with Gasteiger partial charge in [0.1, 0.15) is 11.4 Å². The minimum Gasteiger partial charge on any atom is -0.451 e. The van der Waals surface area contributed by atoms with E-state index in [4.69, 9.17) is 4.74 Å². The van der Waals surface area contributed by atoms with E-state index in [0.717, 1.165) is 22.3 Å². The van der Waals surface area contributed by atoms with Gasteiger partial charge in [0.15, 0.2) is 12.1 Å². The van der Waals surface area contributed by atoms with E-state index in [2.05, 4.69) is 5.32 Å². The number of β-lactam (4-membered cyclic amide) rings is 1. The fraction of sp³-hybridized carbons (Fsp3) is 0.189. The molecule has 8 nitrogen and oxygen atoms in total. The fourth-order valence-corrected chi connectivity index (χ4v) is 7.03. The first-order chi connectivity index (χ1) is 22.3. The molecule has 4 aromatic carbocycles. The number of amides is 3. The number of aryl methyl sites for hydroxylation is 1. The lowest BCUT2D eigenvalue weighted by molar-refractivity contribution is -0.165. The van der Waals surface area contributed by atoms with Gasteiger partial charge in [-0.3, -0.25) is 14.4 Å². The Hall–Kier alpha value is -5.15. The van der Waals surface area contributed by atoms with E-state index < -0.39 is 41.3 Å². The molecule has 3 amide bonds. The maximum Gasteiger partial charge on any atom is 0.334 e. The third-order valence-corrected chi connectivity index (χ3v) is 9.37. The van der Waals surface area contributed by atoms with Gasteiger partial charge in [-0.15, -0.1) is 11.8 Å². The van der Waals surface area contributed by atoms with Crippen LogP contribution in [0.25, 0.3) is 0 Å². The second-order valence-corrected chi connectivity index (χ2v) is 12.2. The summed E-state index contributed by atoms with van der Waals surface area (Å²) in [5, 5.41) is 3.88. The molecular weight excluding hydrogens is 598 g/mol. The summed E-state index contributed by atoms with van der Waals surface area (Å²) in [6.07, 6.45) is -0.657. The standard InChI is InChI=1S/C37H33N3O5S/c1-24-14-12-13-21-29(24)39(2)34(42)28-23-46-36-31(38-30(41)22-25-15-6-3-7-16-25)35(43)40(36)32(28)37(44)45-33(26-17-8-4-9-18-26)27-19-10-5-11-20-27/h3-21,23,31-33,36H,22H2,1-2H3,(H,38,41)/t31?,32?,36-/m0/s1. The Morgan fingerprint density at radius 1 is 0.848 bits per heavy atom. The van der Waals surface area contributed by atoms with Gasteiger partial charge in [-0.1, -0.05) is 109 Å². The highest BCUT2D eigenvalue weighted by Gasteiger charge is 2.57. The third-order valence-electron chi connectivity index (χ3n) is 8.20. The molecule has 2 aliphatic heterocycles.